The van der Waals surface area contributed by atoms with Crippen molar-refractivity contribution in [3.63, 3.8) is 0 Å². The highest BCUT2D eigenvalue weighted by Crippen LogP contribution is 2.28. The van der Waals surface area contributed by atoms with Crippen LogP contribution in [0.3, 0.4) is 0 Å². The van der Waals surface area contributed by atoms with E-state index in [1.807, 2.05) is 13.8 Å². The first-order valence-electron chi connectivity index (χ1n) is 9.77. The van der Waals surface area contributed by atoms with Gasteiger partial charge in [0.2, 0.25) is 5.91 Å². The average molecular weight is 442 g/mol. The first-order chi connectivity index (χ1) is 15.2. The fourth-order valence-electron chi connectivity index (χ4n) is 2.65. The minimum absolute atomic E-state index is 0.00759. The summed E-state index contributed by atoms with van der Waals surface area (Å²) in [5.74, 6) is -1.27. The predicted molar refractivity (Wildman–Crippen MR) is 118 cm³/mol. The number of carbonyl (C=O) groups is 4. The van der Waals surface area contributed by atoms with Gasteiger partial charge in [0.1, 0.15) is 0 Å². The third-order valence-electron chi connectivity index (χ3n) is 4.04. The lowest BCUT2D eigenvalue weighted by molar-refractivity contribution is -0.123. The summed E-state index contributed by atoms with van der Waals surface area (Å²) in [4.78, 5) is 47.3. The molecule has 170 valence electrons. The van der Waals surface area contributed by atoms with E-state index in [0.29, 0.717) is 11.4 Å². The van der Waals surface area contributed by atoms with Gasteiger partial charge in [0.05, 0.1) is 13.7 Å². The molecule has 0 unspecified atom stereocenters. The Kier molecular flexibility index (Phi) is 8.58. The van der Waals surface area contributed by atoms with Gasteiger partial charge in [-0.05, 0) is 50.2 Å². The zero-order valence-electron chi connectivity index (χ0n) is 18.1. The Bertz CT molecular complexity index is 1010. The van der Waals surface area contributed by atoms with Crippen LogP contribution in [0.15, 0.2) is 42.5 Å². The second-order valence-electron chi connectivity index (χ2n) is 7.06. The maximum absolute atomic E-state index is 12.6. The summed E-state index contributed by atoms with van der Waals surface area (Å²) < 4.78 is 10.7. The van der Waals surface area contributed by atoms with E-state index in [9.17, 15) is 19.2 Å². The van der Waals surface area contributed by atoms with Crippen molar-refractivity contribution in [3.8, 4) is 11.5 Å². The molecule has 0 aliphatic rings. The molecule has 0 saturated carbocycles. The molecule has 0 atom stereocenters. The summed E-state index contributed by atoms with van der Waals surface area (Å²) in [6.07, 6.45) is 0. The molecule has 0 heterocycles. The summed E-state index contributed by atoms with van der Waals surface area (Å²) in [5.41, 5.74) is 5.93. The molecule has 0 spiro atoms. The number of benzene rings is 2. The van der Waals surface area contributed by atoms with Gasteiger partial charge in [-0.25, -0.2) is 0 Å². The molecule has 32 heavy (non-hydrogen) atoms. The van der Waals surface area contributed by atoms with E-state index in [1.165, 1.54) is 37.4 Å². The van der Waals surface area contributed by atoms with Crippen LogP contribution in [0.5, 0.6) is 11.5 Å². The summed E-state index contributed by atoms with van der Waals surface area (Å²) in [6.45, 7) is 3.21. The van der Waals surface area contributed by atoms with Gasteiger partial charge in [-0.1, -0.05) is 6.07 Å². The molecule has 4 amide bonds. The van der Waals surface area contributed by atoms with Crippen molar-refractivity contribution in [1.29, 1.82) is 0 Å². The van der Waals surface area contributed by atoms with Crippen LogP contribution in [0.4, 0.5) is 5.69 Å². The largest absolute Gasteiger partial charge is 0.493 e. The summed E-state index contributed by atoms with van der Waals surface area (Å²) in [7, 11) is 1.42. The van der Waals surface area contributed by atoms with E-state index in [1.54, 1.807) is 12.1 Å². The fourth-order valence-corrected chi connectivity index (χ4v) is 2.65. The second-order valence-corrected chi connectivity index (χ2v) is 7.06. The lowest BCUT2D eigenvalue weighted by Crippen LogP contribution is -2.34. The zero-order chi connectivity index (χ0) is 23.7. The fraction of sp³-hybridized carbons (Fsp3) is 0.273. The summed E-state index contributed by atoms with van der Waals surface area (Å²) in [6, 6.07) is 10.7. The smallest absolute Gasteiger partial charge is 0.258 e. The molecule has 0 radical (unpaired) electrons. The number of amides is 4. The molecule has 2 rings (SSSR count). The van der Waals surface area contributed by atoms with Crippen molar-refractivity contribution in [2.24, 2.45) is 5.73 Å². The minimum Gasteiger partial charge on any atom is -0.493 e. The first kappa shape index (κ1) is 24.2. The third kappa shape index (κ3) is 7.31. The second kappa shape index (κ2) is 11.3. The van der Waals surface area contributed by atoms with E-state index in [4.69, 9.17) is 15.2 Å². The number of hydrogen-bond acceptors (Lipinski definition) is 6. The molecule has 5 N–H and O–H groups in total. The maximum atomic E-state index is 12.6. The third-order valence-corrected chi connectivity index (χ3v) is 4.04. The molecule has 0 aliphatic heterocycles. The quantitative estimate of drug-likeness (QED) is 0.432. The number of nitrogens with two attached hydrogens (primary N) is 1. The number of carbonyl (C=O) groups excluding carboxylic acids is 4. The summed E-state index contributed by atoms with van der Waals surface area (Å²) >= 11 is 0. The predicted octanol–water partition coefficient (Wildman–Crippen LogP) is 1.07. The first-order valence-corrected chi connectivity index (χ1v) is 9.77. The number of hydrogen-bond donors (Lipinski definition) is 4. The van der Waals surface area contributed by atoms with Crippen molar-refractivity contribution in [3.05, 3.63) is 53.6 Å². The number of ether oxygens (including phenoxy) is 2. The lowest BCUT2D eigenvalue weighted by atomic mass is 10.1. The number of primary amides is 1. The standard InChI is InChI=1S/C22H26N4O6/c1-13(2)25-20(28)12-32-17-8-7-15(10-18(17)31-3)22(30)26-16-6-4-5-14(9-16)21(29)24-11-19(23)27/h4-10,13H,11-12H2,1-3H3,(H2,23,27)(H,24,29)(H,25,28)(H,26,30). The van der Waals surface area contributed by atoms with Gasteiger partial charge in [-0.3, -0.25) is 19.2 Å². The Morgan fingerprint density at radius 2 is 1.69 bits per heavy atom. The Morgan fingerprint density at radius 3 is 2.34 bits per heavy atom. The highest BCUT2D eigenvalue weighted by Gasteiger charge is 2.14. The SMILES string of the molecule is COc1cc(C(=O)Nc2cccc(C(=O)NCC(N)=O)c2)ccc1OCC(=O)NC(C)C. The number of rotatable bonds is 10. The Labute approximate surface area is 185 Å². The van der Waals surface area contributed by atoms with Crippen LogP contribution in [0.25, 0.3) is 0 Å². The molecular weight excluding hydrogens is 416 g/mol. The Hall–Kier alpha value is -4.08. The van der Waals surface area contributed by atoms with E-state index in [-0.39, 0.29) is 42.0 Å². The van der Waals surface area contributed by atoms with Crippen LogP contribution in [-0.2, 0) is 9.59 Å². The molecule has 10 nitrogen and oxygen atoms in total. The lowest BCUT2D eigenvalue weighted by Gasteiger charge is -2.13. The molecule has 0 bridgehead atoms. The van der Waals surface area contributed by atoms with Gasteiger partial charge >= 0.3 is 0 Å². The van der Waals surface area contributed by atoms with E-state index >= 15 is 0 Å². The van der Waals surface area contributed by atoms with Crippen LogP contribution in [0.2, 0.25) is 0 Å². The molecule has 2 aromatic rings. The van der Waals surface area contributed by atoms with Crippen LogP contribution < -0.4 is 31.2 Å². The molecule has 10 heteroatoms. The van der Waals surface area contributed by atoms with Gasteiger partial charge < -0.3 is 31.2 Å². The average Bonchev–Trinajstić information content (AvgIpc) is 2.75. The number of anilines is 1. The van der Waals surface area contributed by atoms with Crippen LogP contribution >= 0.6 is 0 Å². The molecule has 0 saturated heterocycles. The van der Waals surface area contributed by atoms with Gasteiger partial charge in [0.25, 0.3) is 17.7 Å². The number of nitrogens with one attached hydrogen (secondary N) is 3. The minimum atomic E-state index is -0.662. The van der Waals surface area contributed by atoms with Gasteiger partial charge in [0, 0.05) is 22.9 Å². The molecule has 2 aromatic carbocycles. The van der Waals surface area contributed by atoms with Crippen molar-refractivity contribution in [1.82, 2.24) is 10.6 Å². The Morgan fingerprint density at radius 1 is 0.969 bits per heavy atom. The Balaban J connectivity index is 2.07. The topological polar surface area (TPSA) is 149 Å². The van der Waals surface area contributed by atoms with Crippen molar-refractivity contribution in [2.75, 3.05) is 25.6 Å². The molecule has 0 aliphatic carbocycles. The van der Waals surface area contributed by atoms with Gasteiger partial charge in [0.15, 0.2) is 18.1 Å². The maximum Gasteiger partial charge on any atom is 0.258 e. The van der Waals surface area contributed by atoms with Gasteiger partial charge in [-0.2, -0.15) is 0 Å². The summed E-state index contributed by atoms with van der Waals surface area (Å²) in [5, 5.41) is 7.78. The zero-order valence-corrected chi connectivity index (χ0v) is 18.1. The molecular formula is C22H26N4O6. The van der Waals surface area contributed by atoms with Crippen molar-refractivity contribution >= 4 is 29.3 Å². The monoisotopic (exact) mass is 442 g/mol. The van der Waals surface area contributed by atoms with Gasteiger partial charge in [-0.15, -0.1) is 0 Å². The van der Waals surface area contributed by atoms with E-state index in [2.05, 4.69) is 16.0 Å². The van der Waals surface area contributed by atoms with E-state index < -0.39 is 17.7 Å². The molecule has 0 aromatic heterocycles. The van der Waals surface area contributed by atoms with E-state index in [0.717, 1.165) is 0 Å². The van der Waals surface area contributed by atoms with Crippen LogP contribution in [-0.4, -0.2) is 49.9 Å². The van der Waals surface area contributed by atoms with Crippen molar-refractivity contribution < 1.29 is 28.7 Å². The highest BCUT2D eigenvalue weighted by molar-refractivity contribution is 6.05. The van der Waals surface area contributed by atoms with Crippen LogP contribution in [0.1, 0.15) is 34.6 Å². The molecule has 0 fully saturated rings. The number of methoxy groups -OCH3 is 1. The normalized spacial score (nSPS) is 10.2. The van der Waals surface area contributed by atoms with Crippen molar-refractivity contribution in [2.45, 2.75) is 19.9 Å². The van der Waals surface area contributed by atoms with Crippen LogP contribution in [0, 0.1) is 0 Å². The highest BCUT2D eigenvalue weighted by atomic mass is 16.5.